The molecule has 2 aromatic heterocycles. The molecule has 2 heterocycles. The maximum Gasteiger partial charge on any atom is 0.305 e. The summed E-state index contributed by atoms with van der Waals surface area (Å²) >= 11 is 1.35. The Kier molecular flexibility index (Phi) is 3.57. The first-order valence-electron chi connectivity index (χ1n) is 5.84. The zero-order valence-electron chi connectivity index (χ0n) is 10.9. The lowest BCUT2D eigenvalue weighted by molar-refractivity contribution is -0.137. The molecule has 1 atom stereocenters. The number of carbonyl (C=O) groups is 2. The average molecular weight is 281 g/mol. The van der Waals surface area contributed by atoms with Crippen LogP contribution in [0, 0.1) is 6.92 Å². The van der Waals surface area contributed by atoms with E-state index >= 15 is 0 Å². The largest absolute Gasteiger partial charge is 0.481 e. The smallest absolute Gasteiger partial charge is 0.305 e. The summed E-state index contributed by atoms with van der Waals surface area (Å²) in [5.41, 5.74) is 0.881. The van der Waals surface area contributed by atoms with Gasteiger partial charge in [-0.2, -0.15) is 5.10 Å². The standard InChI is InChI=1S/C12H15N3O3S/c1-6(4-10(16)17)13-11(18)9-5-8-7(2)14-15(3)12(8)19-9/h5-6H,4H2,1-3H3,(H,13,18)(H,16,17). The fraction of sp³-hybridized carbons (Fsp3) is 0.417. The Morgan fingerprint density at radius 1 is 1.58 bits per heavy atom. The quantitative estimate of drug-likeness (QED) is 0.890. The van der Waals surface area contributed by atoms with Gasteiger partial charge in [-0.05, 0) is 19.9 Å². The zero-order valence-corrected chi connectivity index (χ0v) is 11.7. The molecule has 0 aromatic carbocycles. The molecule has 1 unspecified atom stereocenters. The highest BCUT2D eigenvalue weighted by Gasteiger charge is 2.17. The van der Waals surface area contributed by atoms with Gasteiger partial charge in [0.05, 0.1) is 17.0 Å². The molecule has 0 radical (unpaired) electrons. The van der Waals surface area contributed by atoms with Gasteiger partial charge in [0.25, 0.3) is 5.91 Å². The van der Waals surface area contributed by atoms with E-state index < -0.39 is 12.0 Å². The molecule has 2 aromatic rings. The zero-order chi connectivity index (χ0) is 14.2. The minimum absolute atomic E-state index is 0.0861. The van der Waals surface area contributed by atoms with Crippen molar-refractivity contribution in [3.8, 4) is 0 Å². The van der Waals surface area contributed by atoms with E-state index in [4.69, 9.17) is 5.11 Å². The third-order valence-corrected chi connectivity index (χ3v) is 3.98. The number of nitrogens with zero attached hydrogens (tertiary/aromatic N) is 2. The Bertz CT molecular complexity index is 609. The highest BCUT2D eigenvalue weighted by atomic mass is 32.1. The summed E-state index contributed by atoms with van der Waals surface area (Å²) in [7, 11) is 1.83. The third-order valence-electron chi connectivity index (χ3n) is 2.78. The molecule has 0 aliphatic rings. The summed E-state index contributed by atoms with van der Waals surface area (Å²) in [6.45, 7) is 3.57. The first-order valence-corrected chi connectivity index (χ1v) is 6.66. The van der Waals surface area contributed by atoms with Crippen LogP contribution in [-0.2, 0) is 11.8 Å². The second-order valence-electron chi connectivity index (χ2n) is 4.51. The third kappa shape index (κ3) is 2.76. The highest BCUT2D eigenvalue weighted by molar-refractivity contribution is 7.20. The average Bonchev–Trinajstić information content (AvgIpc) is 2.80. The Morgan fingerprint density at radius 3 is 2.84 bits per heavy atom. The molecule has 1 amide bonds. The number of fused-ring (bicyclic) bond motifs is 1. The Labute approximate surface area is 114 Å². The summed E-state index contributed by atoms with van der Waals surface area (Å²) in [4.78, 5) is 24.1. The molecular formula is C12H15N3O3S. The van der Waals surface area contributed by atoms with Gasteiger partial charge >= 0.3 is 5.97 Å². The van der Waals surface area contributed by atoms with Gasteiger partial charge in [-0.15, -0.1) is 11.3 Å². The van der Waals surface area contributed by atoms with Crippen molar-refractivity contribution in [1.29, 1.82) is 0 Å². The molecule has 0 aliphatic heterocycles. The molecule has 6 nitrogen and oxygen atoms in total. The van der Waals surface area contributed by atoms with Crippen LogP contribution in [0.5, 0.6) is 0 Å². The molecular weight excluding hydrogens is 266 g/mol. The van der Waals surface area contributed by atoms with Crippen LogP contribution in [-0.4, -0.2) is 32.8 Å². The normalized spacial score (nSPS) is 12.6. The number of carboxylic acid groups (broad SMARTS) is 1. The van der Waals surface area contributed by atoms with E-state index in [0.717, 1.165) is 15.9 Å². The number of aliphatic carboxylic acids is 1. The molecule has 7 heteroatoms. The molecule has 2 N–H and O–H groups in total. The molecule has 0 fully saturated rings. The van der Waals surface area contributed by atoms with Crippen LogP contribution < -0.4 is 5.32 Å². The van der Waals surface area contributed by atoms with Crippen molar-refractivity contribution in [2.75, 3.05) is 0 Å². The van der Waals surface area contributed by atoms with Gasteiger partial charge in [-0.1, -0.05) is 0 Å². The number of carboxylic acids is 1. The van der Waals surface area contributed by atoms with Crippen LogP contribution in [0.25, 0.3) is 10.2 Å². The minimum Gasteiger partial charge on any atom is -0.481 e. The van der Waals surface area contributed by atoms with Gasteiger partial charge in [0.15, 0.2) is 0 Å². The van der Waals surface area contributed by atoms with Gasteiger partial charge in [0, 0.05) is 18.5 Å². The van der Waals surface area contributed by atoms with Crippen LogP contribution in [0.1, 0.15) is 28.7 Å². The summed E-state index contributed by atoms with van der Waals surface area (Å²) < 4.78 is 1.74. The van der Waals surface area contributed by atoms with E-state index in [1.807, 2.05) is 14.0 Å². The molecule has 0 spiro atoms. The van der Waals surface area contributed by atoms with Crippen LogP contribution in [0.2, 0.25) is 0 Å². The van der Waals surface area contributed by atoms with E-state index in [2.05, 4.69) is 10.4 Å². The molecule has 0 saturated carbocycles. The molecule has 19 heavy (non-hydrogen) atoms. The SMILES string of the molecule is Cc1nn(C)c2sc(C(=O)NC(C)CC(=O)O)cc12. The molecule has 0 bridgehead atoms. The van der Waals surface area contributed by atoms with Crippen molar-refractivity contribution in [2.45, 2.75) is 26.3 Å². The number of amides is 1. The number of hydrogen-bond acceptors (Lipinski definition) is 4. The lowest BCUT2D eigenvalue weighted by atomic mass is 10.2. The van der Waals surface area contributed by atoms with Crippen molar-refractivity contribution in [3.63, 3.8) is 0 Å². The van der Waals surface area contributed by atoms with Gasteiger partial charge in [-0.25, -0.2) is 0 Å². The van der Waals surface area contributed by atoms with Crippen molar-refractivity contribution in [2.24, 2.45) is 7.05 Å². The van der Waals surface area contributed by atoms with E-state index in [1.165, 1.54) is 11.3 Å². The predicted octanol–water partition coefficient (Wildman–Crippen LogP) is 1.54. The number of aromatic nitrogens is 2. The number of thiophene rings is 1. The Hall–Kier alpha value is -1.89. The van der Waals surface area contributed by atoms with Crippen molar-refractivity contribution in [3.05, 3.63) is 16.6 Å². The van der Waals surface area contributed by atoms with Crippen molar-refractivity contribution < 1.29 is 14.7 Å². The Morgan fingerprint density at radius 2 is 2.26 bits per heavy atom. The second kappa shape index (κ2) is 5.00. The van der Waals surface area contributed by atoms with Crippen molar-refractivity contribution >= 4 is 33.4 Å². The summed E-state index contributed by atoms with van der Waals surface area (Å²) in [6, 6.07) is 1.40. The van der Waals surface area contributed by atoms with Crippen LogP contribution in [0.4, 0.5) is 0 Å². The fourth-order valence-corrected chi connectivity index (χ4v) is 2.95. The molecule has 102 valence electrons. The topological polar surface area (TPSA) is 84.2 Å². The molecule has 0 aliphatic carbocycles. The number of nitrogens with one attached hydrogen (secondary N) is 1. The predicted molar refractivity (Wildman–Crippen MR) is 72.5 cm³/mol. The van der Waals surface area contributed by atoms with E-state index in [-0.39, 0.29) is 12.3 Å². The molecule has 2 rings (SSSR count). The first-order chi connectivity index (χ1) is 8.88. The summed E-state index contributed by atoms with van der Waals surface area (Å²) in [5, 5.41) is 16.6. The maximum atomic E-state index is 12.0. The van der Waals surface area contributed by atoms with Crippen LogP contribution >= 0.6 is 11.3 Å². The number of rotatable bonds is 4. The van der Waals surface area contributed by atoms with E-state index in [0.29, 0.717) is 4.88 Å². The monoisotopic (exact) mass is 281 g/mol. The lowest BCUT2D eigenvalue weighted by Crippen LogP contribution is -2.33. The van der Waals surface area contributed by atoms with Crippen molar-refractivity contribution in [1.82, 2.24) is 15.1 Å². The van der Waals surface area contributed by atoms with Gasteiger partial charge in [-0.3, -0.25) is 14.3 Å². The second-order valence-corrected chi connectivity index (χ2v) is 5.54. The van der Waals surface area contributed by atoms with Crippen LogP contribution in [0.15, 0.2) is 6.07 Å². The summed E-state index contributed by atoms with van der Waals surface area (Å²) in [5.74, 6) is -1.17. The lowest BCUT2D eigenvalue weighted by Gasteiger charge is -2.09. The number of hydrogen-bond donors (Lipinski definition) is 2. The number of aryl methyl sites for hydroxylation is 2. The maximum absolute atomic E-state index is 12.0. The highest BCUT2D eigenvalue weighted by Crippen LogP contribution is 2.27. The minimum atomic E-state index is -0.927. The fourth-order valence-electron chi connectivity index (χ4n) is 1.93. The summed E-state index contributed by atoms with van der Waals surface area (Å²) in [6.07, 6.45) is -0.0861. The van der Waals surface area contributed by atoms with Gasteiger partial charge in [0.2, 0.25) is 0 Å². The number of carbonyl (C=O) groups excluding carboxylic acids is 1. The van der Waals surface area contributed by atoms with Crippen LogP contribution in [0.3, 0.4) is 0 Å². The van der Waals surface area contributed by atoms with Gasteiger partial charge in [0.1, 0.15) is 4.83 Å². The first kappa shape index (κ1) is 13.5. The Balaban J connectivity index is 2.17. The van der Waals surface area contributed by atoms with Gasteiger partial charge < -0.3 is 10.4 Å². The van der Waals surface area contributed by atoms with E-state index in [9.17, 15) is 9.59 Å². The molecule has 0 saturated heterocycles. The van der Waals surface area contributed by atoms with E-state index in [1.54, 1.807) is 17.7 Å².